The van der Waals surface area contributed by atoms with Crippen molar-refractivity contribution in [2.45, 2.75) is 26.8 Å². The molecule has 0 bridgehead atoms. The normalized spacial score (nSPS) is 16.3. The first kappa shape index (κ1) is 20.3. The van der Waals surface area contributed by atoms with Gasteiger partial charge in [0.2, 0.25) is 5.91 Å². The average molecular weight is 431 g/mol. The van der Waals surface area contributed by atoms with Gasteiger partial charge < -0.3 is 9.32 Å². The summed E-state index contributed by atoms with van der Waals surface area (Å²) in [6.07, 6.45) is 2.58. The highest BCUT2D eigenvalue weighted by atomic mass is 16.3. The summed E-state index contributed by atoms with van der Waals surface area (Å²) in [5.41, 5.74) is 3.71. The maximum atomic E-state index is 12.5. The Morgan fingerprint density at radius 2 is 1.88 bits per heavy atom. The van der Waals surface area contributed by atoms with Crippen LogP contribution >= 0.6 is 0 Å². The van der Waals surface area contributed by atoms with Crippen molar-refractivity contribution in [2.75, 3.05) is 13.1 Å². The predicted molar refractivity (Wildman–Crippen MR) is 123 cm³/mol. The van der Waals surface area contributed by atoms with Gasteiger partial charge in [-0.1, -0.05) is 44.2 Å². The van der Waals surface area contributed by atoms with Crippen LogP contribution in [0.4, 0.5) is 0 Å². The van der Waals surface area contributed by atoms with Gasteiger partial charge in [-0.05, 0) is 41.7 Å². The second-order valence-electron chi connectivity index (χ2n) is 8.81. The van der Waals surface area contributed by atoms with E-state index in [0.29, 0.717) is 18.9 Å². The fraction of sp³-hybridized carbons (Fsp3) is 0.320. The molecule has 5 rings (SSSR count). The Kier molecular flexibility index (Phi) is 5.17. The Hall–Kier alpha value is -3.61. The van der Waals surface area contributed by atoms with Crippen LogP contribution in [0.15, 0.2) is 64.0 Å². The van der Waals surface area contributed by atoms with Crippen molar-refractivity contribution in [1.82, 2.24) is 19.7 Å². The summed E-state index contributed by atoms with van der Waals surface area (Å²) >= 11 is 0. The van der Waals surface area contributed by atoms with Crippen molar-refractivity contribution < 1.29 is 9.21 Å². The van der Waals surface area contributed by atoms with Crippen molar-refractivity contribution in [3.05, 3.63) is 65.3 Å². The van der Waals surface area contributed by atoms with Gasteiger partial charge in [-0.3, -0.25) is 9.36 Å². The molecule has 4 aromatic rings. The number of aromatic amines is 1. The van der Waals surface area contributed by atoms with E-state index >= 15 is 0 Å². The molecule has 2 aromatic carbocycles. The van der Waals surface area contributed by atoms with Crippen LogP contribution in [0.25, 0.3) is 33.5 Å². The third-order valence-corrected chi connectivity index (χ3v) is 6.22. The van der Waals surface area contributed by atoms with Gasteiger partial charge in [0.25, 0.3) is 0 Å². The Morgan fingerprint density at radius 3 is 2.66 bits per heavy atom. The molecule has 1 N–H and O–H groups in total. The van der Waals surface area contributed by atoms with Gasteiger partial charge in [-0.25, -0.2) is 9.89 Å². The van der Waals surface area contributed by atoms with Gasteiger partial charge in [0.05, 0.1) is 6.26 Å². The van der Waals surface area contributed by atoms with E-state index in [1.54, 1.807) is 10.8 Å². The first-order valence-electron chi connectivity index (χ1n) is 11.0. The lowest BCUT2D eigenvalue weighted by molar-refractivity contribution is -0.133. The smallest absolute Gasteiger partial charge is 0.343 e. The Balaban J connectivity index is 1.36. The maximum absolute atomic E-state index is 12.5. The van der Waals surface area contributed by atoms with Crippen LogP contribution in [0.3, 0.4) is 0 Å². The number of fused-ring (bicyclic) bond motifs is 1. The summed E-state index contributed by atoms with van der Waals surface area (Å²) in [5, 5.41) is 7.94. The quantitative estimate of drug-likeness (QED) is 0.515. The zero-order valence-corrected chi connectivity index (χ0v) is 18.2. The van der Waals surface area contributed by atoms with E-state index in [1.807, 2.05) is 61.2 Å². The highest BCUT2D eigenvalue weighted by Gasteiger charge is 2.28. The third kappa shape index (κ3) is 3.75. The van der Waals surface area contributed by atoms with E-state index in [0.717, 1.165) is 40.6 Å². The van der Waals surface area contributed by atoms with Crippen LogP contribution in [0.1, 0.15) is 20.3 Å². The molecule has 164 valence electrons. The summed E-state index contributed by atoms with van der Waals surface area (Å²) < 4.78 is 7.12. The number of hydrogen-bond acceptors (Lipinski definition) is 4. The van der Waals surface area contributed by atoms with Crippen molar-refractivity contribution in [1.29, 1.82) is 0 Å². The average Bonchev–Trinajstić information content (AvgIpc) is 3.54. The van der Waals surface area contributed by atoms with Crippen molar-refractivity contribution in [3.63, 3.8) is 0 Å². The molecule has 2 aromatic heterocycles. The van der Waals surface area contributed by atoms with Gasteiger partial charge in [0.15, 0.2) is 5.82 Å². The minimum absolute atomic E-state index is 0.00584. The molecule has 0 saturated carbocycles. The Bertz CT molecular complexity index is 1310. The summed E-state index contributed by atoms with van der Waals surface area (Å²) in [6.45, 7) is 5.82. The lowest BCUT2D eigenvalue weighted by Crippen LogP contribution is -2.33. The van der Waals surface area contributed by atoms with Crippen LogP contribution in [-0.2, 0) is 11.3 Å². The number of nitrogens with one attached hydrogen (secondary N) is 1. The van der Waals surface area contributed by atoms with E-state index in [-0.39, 0.29) is 23.4 Å². The van der Waals surface area contributed by atoms with Gasteiger partial charge in [0, 0.05) is 36.5 Å². The second-order valence-corrected chi connectivity index (χ2v) is 8.81. The molecule has 32 heavy (non-hydrogen) atoms. The molecular formula is C25H26N4O3. The molecule has 1 aliphatic rings. The number of carbonyl (C=O) groups is 1. The summed E-state index contributed by atoms with van der Waals surface area (Å²) in [6, 6.07) is 16.1. The molecule has 0 aliphatic carbocycles. The van der Waals surface area contributed by atoms with Gasteiger partial charge >= 0.3 is 5.69 Å². The number of rotatable bonds is 5. The molecule has 0 unspecified atom stereocenters. The number of nitrogens with zero attached hydrogens (tertiary/aromatic N) is 3. The fourth-order valence-electron chi connectivity index (χ4n) is 4.47. The number of H-pyrrole nitrogens is 1. The number of aromatic nitrogens is 3. The number of likely N-dealkylation sites (tertiary alicyclic amines) is 1. The molecule has 0 spiro atoms. The second kappa shape index (κ2) is 8.15. The lowest BCUT2D eigenvalue weighted by Gasteiger charge is -2.19. The van der Waals surface area contributed by atoms with E-state index < -0.39 is 0 Å². The first-order chi connectivity index (χ1) is 15.5. The molecule has 3 heterocycles. The minimum atomic E-state index is -0.219. The topological polar surface area (TPSA) is 84.1 Å². The van der Waals surface area contributed by atoms with Crippen LogP contribution in [0.2, 0.25) is 0 Å². The molecule has 1 fully saturated rings. The molecule has 1 saturated heterocycles. The lowest BCUT2D eigenvalue weighted by atomic mass is 10.0. The number of carbonyl (C=O) groups excluding carboxylic acids is 1. The molecule has 1 atom stereocenters. The van der Waals surface area contributed by atoms with Crippen molar-refractivity contribution in [3.8, 4) is 22.5 Å². The number of hydrogen-bond donors (Lipinski definition) is 1. The third-order valence-electron chi connectivity index (χ3n) is 6.22. The van der Waals surface area contributed by atoms with E-state index in [2.05, 4.69) is 16.3 Å². The van der Waals surface area contributed by atoms with Gasteiger partial charge in [0.1, 0.15) is 5.58 Å². The van der Waals surface area contributed by atoms with Crippen LogP contribution in [0.5, 0.6) is 0 Å². The van der Waals surface area contributed by atoms with Crippen LogP contribution < -0.4 is 5.69 Å². The Labute approximate surface area is 185 Å². The highest BCUT2D eigenvalue weighted by Crippen LogP contribution is 2.28. The van der Waals surface area contributed by atoms with Crippen molar-refractivity contribution in [2.24, 2.45) is 11.8 Å². The van der Waals surface area contributed by atoms with Crippen LogP contribution in [0, 0.1) is 11.8 Å². The largest absolute Gasteiger partial charge is 0.464 e. The SMILES string of the molecule is CC(C)C(=O)N1CC[C@@H](Cn2c(-c3ccc(-c4ccc5occc5c4)cc3)n[nH]c2=O)C1. The summed E-state index contributed by atoms with van der Waals surface area (Å²) in [7, 11) is 0. The monoisotopic (exact) mass is 430 g/mol. The highest BCUT2D eigenvalue weighted by molar-refractivity contribution is 5.83. The number of amides is 1. The maximum Gasteiger partial charge on any atom is 0.343 e. The summed E-state index contributed by atoms with van der Waals surface area (Å²) in [4.78, 5) is 26.7. The Morgan fingerprint density at radius 1 is 1.12 bits per heavy atom. The fourth-order valence-corrected chi connectivity index (χ4v) is 4.47. The van der Waals surface area contributed by atoms with E-state index in [9.17, 15) is 9.59 Å². The molecule has 7 heteroatoms. The summed E-state index contributed by atoms with van der Waals surface area (Å²) in [5.74, 6) is 1.04. The molecular weight excluding hydrogens is 404 g/mol. The van der Waals surface area contributed by atoms with Crippen molar-refractivity contribution >= 4 is 16.9 Å². The van der Waals surface area contributed by atoms with Gasteiger partial charge in [-0.15, -0.1) is 0 Å². The molecule has 1 amide bonds. The van der Waals surface area contributed by atoms with E-state index in [4.69, 9.17) is 4.42 Å². The standard InChI is InChI=1S/C25H26N4O3/c1-16(2)24(30)28-11-9-17(14-28)15-29-23(26-27-25(29)31)19-5-3-18(4-6-19)20-7-8-22-21(13-20)10-12-32-22/h3-8,10,12-13,16-17H,9,11,14-15H2,1-2H3,(H,27,31)/t17-/m1/s1. The number of furan rings is 1. The zero-order valence-electron chi connectivity index (χ0n) is 18.2. The molecule has 0 radical (unpaired) electrons. The molecule has 7 nitrogen and oxygen atoms in total. The number of benzene rings is 2. The van der Waals surface area contributed by atoms with E-state index in [1.165, 1.54) is 0 Å². The van der Waals surface area contributed by atoms with Crippen LogP contribution in [-0.4, -0.2) is 38.7 Å². The predicted octanol–water partition coefficient (Wildman–Crippen LogP) is 4.16. The first-order valence-corrected chi connectivity index (χ1v) is 11.0. The molecule has 1 aliphatic heterocycles. The minimum Gasteiger partial charge on any atom is -0.464 e. The van der Waals surface area contributed by atoms with Gasteiger partial charge in [-0.2, -0.15) is 5.10 Å². The zero-order chi connectivity index (χ0) is 22.2.